The Kier molecular flexibility index (Phi) is 2.40. The molecule has 86 valence electrons. The van der Waals surface area contributed by atoms with Gasteiger partial charge in [-0.3, -0.25) is 4.79 Å². The molecule has 0 saturated heterocycles. The normalized spacial score (nSPS) is 14.5. The predicted octanol–water partition coefficient (Wildman–Crippen LogP) is 1.33. The van der Waals surface area contributed by atoms with Crippen LogP contribution in [-0.2, 0) is 13.0 Å². The van der Waals surface area contributed by atoms with Crippen LogP contribution in [-0.4, -0.2) is 16.7 Å². The third kappa shape index (κ3) is 1.93. The van der Waals surface area contributed by atoms with Gasteiger partial charge in [0.15, 0.2) is 0 Å². The summed E-state index contributed by atoms with van der Waals surface area (Å²) < 4.78 is 0. The van der Waals surface area contributed by atoms with Crippen LogP contribution in [0.1, 0.15) is 11.1 Å². The third-order valence-electron chi connectivity index (χ3n) is 3.12. The second-order valence-corrected chi connectivity index (χ2v) is 4.22. The maximum Gasteiger partial charge on any atom is 0.264 e. The Balaban J connectivity index is 1.89. The van der Waals surface area contributed by atoms with Gasteiger partial charge in [0, 0.05) is 19.2 Å². The van der Waals surface area contributed by atoms with Crippen molar-refractivity contribution in [1.82, 2.24) is 10.2 Å². The molecule has 0 unspecified atom stereocenters. The van der Waals surface area contributed by atoms with Crippen LogP contribution in [0, 0.1) is 0 Å². The zero-order valence-electron chi connectivity index (χ0n) is 9.39. The fourth-order valence-corrected chi connectivity index (χ4v) is 2.20. The zero-order valence-corrected chi connectivity index (χ0v) is 9.39. The highest BCUT2D eigenvalue weighted by Gasteiger charge is 2.16. The minimum atomic E-state index is -0.161. The molecule has 0 saturated carbocycles. The first-order chi connectivity index (χ1) is 8.33. The molecule has 0 aliphatic carbocycles. The Morgan fingerprint density at radius 1 is 1.12 bits per heavy atom. The van der Waals surface area contributed by atoms with E-state index < -0.39 is 0 Å². The summed E-state index contributed by atoms with van der Waals surface area (Å²) in [5.41, 5.74) is 2.59. The molecule has 1 aliphatic heterocycles. The van der Waals surface area contributed by atoms with Gasteiger partial charge in [-0.2, -0.15) is 5.10 Å². The van der Waals surface area contributed by atoms with Gasteiger partial charge >= 0.3 is 0 Å². The first kappa shape index (κ1) is 10.1. The smallest absolute Gasteiger partial charge is 0.264 e. The molecule has 4 heteroatoms. The summed E-state index contributed by atoms with van der Waals surface area (Å²) in [6.07, 6.45) is 1.02. The number of nitrogens with one attached hydrogen (secondary N) is 1. The van der Waals surface area contributed by atoms with E-state index in [9.17, 15) is 4.79 Å². The number of hydrogen-bond acceptors (Lipinski definition) is 3. The highest BCUT2D eigenvalue weighted by atomic mass is 16.1. The fraction of sp³-hybridized carbons (Fsp3) is 0.231. The number of H-pyrrole nitrogens is 1. The molecule has 2 aromatic rings. The SMILES string of the molecule is O=c1ccc(N2CCc3ccccc3C2)n[nH]1. The fourth-order valence-electron chi connectivity index (χ4n) is 2.20. The quantitative estimate of drug-likeness (QED) is 0.799. The molecule has 1 aliphatic rings. The van der Waals surface area contributed by atoms with Crippen LogP contribution in [0.3, 0.4) is 0 Å². The first-order valence-electron chi connectivity index (χ1n) is 5.70. The number of rotatable bonds is 1. The Labute approximate surface area is 98.9 Å². The van der Waals surface area contributed by atoms with Crippen molar-refractivity contribution in [2.24, 2.45) is 0 Å². The standard InChI is InChI=1S/C13H13N3O/c17-13-6-5-12(14-15-13)16-8-7-10-3-1-2-4-11(10)9-16/h1-6H,7-9H2,(H,15,17). The van der Waals surface area contributed by atoms with Crippen molar-refractivity contribution >= 4 is 5.82 Å². The lowest BCUT2D eigenvalue weighted by Gasteiger charge is -2.29. The van der Waals surface area contributed by atoms with Crippen molar-refractivity contribution in [1.29, 1.82) is 0 Å². The molecule has 0 amide bonds. The molecule has 2 heterocycles. The van der Waals surface area contributed by atoms with Gasteiger partial charge in [0.25, 0.3) is 5.56 Å². The van der Waals surface area contributed by atoms with Gasteiger partial charge in [-0.25, -0.2) is 5.10 Å². The molecule has 0 fully saturated rings. The summed E-state index contributed by atoms with van der Waals surface area (Å²) in [7, 11) is 0. The molecule has 0 radical (unpaired) electrons. The summed E-state index contributed by atoms with van der Waals surface area (Å²) in [5, 5.41) is 6.54. The highest BCUT2D eigenvalue weighted by Crippen LogP contribution is 2.21. The molecular formula is C13H13N3O. The number of aromatic nitrogens is 2. The van der Waals surface area contributed by atoms with Crippen LogP contribution in [0.4, 0.5) is 5.82 Å². The minimum Gasteiger partial charge on any atom is -0.351 e. The second-order valence-electron chi connectivity index (χ2n) is 4.22. The van der Waals surface area contributed by atoms with Gasteiger partial charge in [0.1, 0.15) is 5.82 Å². The van der Waals surface area contributed by atoms with E-state index >= 15 is 0 Å². The lowest BCUT2D eigenvalue weighted by molar-refractivity contribution is 0.711. The van der Waals surface area contributed by atoms with E-state index in [0.29, 0.717) is 0 Å². The third-order valence-corrected chi connectivity index (χ3v) is 3.12. The van der Waals surface area contributed by atoms with E-state index in [1.807, 2.05) is 0 Å². The summed E-state index contributed by atoms with van der Waals surface area (Å²) >= 11 is 0. The maximum atomic E-state index is 11.0. The van der Waals surface area contributed by atoms with Crippen molar-refractivity contribution in [3.63, 3.8) is 0 Å². The van der Waals surface area contributed by atoms with Gasteiger partial charge in [-0.05, 0) is 23.6 Å². The lowest BCUT2D eigenvalue weighted by atomic mass is 10.00. The van der Waals surface area contributed by atoms with Crippen LogP contribution in [0.2, 0.25) is 0 Å². The maximum absolute atomic E-state index is 11.0. The van der Waals surface area contributed by atoms with Gasteiger partial charge in [0.2, 0.25) is 0 Å². The number of aromatic amines is 1. The number of nitrogens with zero attached hydrogens (tertiary/aromatic N) is 2. The predicted molar refractivity (Wildman–Crippen MR) is 66.1 cm³/mol. The Morgan fingerprint density at radius 2 is 1.94 bits per heavy atom. The van der Waals surface area contributed by atoms with E-state index in [-0.39, 0.29) is 5.56 Å². The van der Waals surface area contributed by atoms with Crippen molar-refractivity contribution in [2.45, 2.75) is 13.0 Å². The Bertz CT molecular complexity index is 571. The number of hydrogen-bond donors (Lipinski definition) is 1. The van der Waals surface area contributed by atoms with E-state index in [0.717, 1.165) is 25.3 Å². The molecule has 1 aromatic carbocycles. The second kappa shape index (κ2) is 4.05. The van der Waals surface area contributed by atoms with Crippen LogP contribution in [0.15, 0.2) is 41.2 Å². The van der Waals surface area contributed by atoms with Crippen molar-refractivity contribution in [2.75, 3.05) is 11.4 Å². The first-order valence-corrected chi connectivity index (χ1v) is 5.70. The molecule has 0 spiro atoms. The van der Waals surface area contributed by atoms with Crippen molar-refractivity contribution < 1.29 is 0 Å². The number of fused-ring (bicyclic) bond motifs is 1. The Morgan fingerprint density at radius 3 is 2.71 bits per heavy atom. The van der Waals surface area contributed by atoms with E-state index in [4.69, 9.17) is 0 Å². The minimum absolute atomic E-state index is 0.161. The average molecular weight is 227 g/mol. The summed E-state index contributed by atoms with van der Waals surface area (Å²) in [4.78, 5) is 13.1. The van der Waals surface area contributed by atoms with E-state index in [1.165, 1.54) is 17.2 Å². The Hall–Kier alpha value is -2.10. The van der Waals surface area contributed by atoms with Gasteiger partial charge in [-0.15, -0.1) is 0 Å². The molecule has 17 heavy (non-hydrogen) atoms. The number of benzene rings is 1. The highest BCUT2D eigenvalue weighted by molar-refractivity contribution is 5.42. The van der Waals surface area contributed by atoms with Gasteiger partial charge in [0.05, 0.1) is 0 Å². The van der Waals surface area contributed by atoms with E-state index in [2.05, 4.69) is 39.4 Å². The van der Waals surface area contributed by atoms with Crippen molar-refractivity contribution in [3.05, 3.63) is 57.9 Å². The molecule has 0 atom stereocenters. The molecule has 1 N–H and O–H groups in total. The molecule has 0 bridgehead atoms. The average Bonchev–Trinajstić information content (AvgIpc) is 2.39. The zero-order chi connectivity index (χ0) is 11.7. The summed E-state index contributed by atoms with van der Waals surface area (Å²) in [5.74, 6) is 0.833. The van der Waals surface area contributed by atoms with Crippen LogP contribution >= 0.6 is 0 Å². The molecule has 1 aromatic heterocycles. The van der Waals surface area contributed by atoms with Crippen LogP contribution in [0.5, 0.6) is 0 Å². The monoisotopic (exact) mass is 227 g/mol. The summed E-state index contributed by atoms with van der Waals surface area (Å²) in [6.45, 7) is 1.80. The largest absolute Gasteiger partial charge is 0.351 e. The molecular weight excluding hydrogens is 214 g/mol. The topological polar surface area (TPSA) is 49.0 Å². The number of anilines is 1. The molecule has 4 nitrogen and oxygen atoms in total. The lowest BCUT2D eigenvalue weighted by Crippen LogP contribution is -2.31. The van der Waals surface area contributed by atoms with Gasteiger partial charge in [-0.1, -0.05) is 24.3 Å². The summed E-state index contributed by atoms with van der Waals surface area (Å²) in [6, 6.07) is 11.7. The van der Waals surface area contributed by atoms with E-state index in [1.54, 1.807) is 6.07 Å². The van der Waals surface area contributed by atoms with Gasteiger partial charge < -0.3 is 4.90 Å². The van der Waals surface area contributed by atoms with Crippen LogP contribution < -0.4 is 10.5 Å². The van der Waals surface area contributed by atoms with Crippen molar-refractivity contribution in [3.8, 4) is 0 Å². The molecule has 3 rings (SSSR count). The van der Waals surface area contributed by atoms with Crippen LogP contribution in [0.25, 0.3) is 0 Å².